The Morgan fingerprint density at radius 2 is 2.00 bits per heavy atom. The van der Waals surface area contributed by atoms with Crippen LogP contribution in [-0.4, -0.2) is 19.5 Å². The summed E-state index contributed by atoms with van der Waals surface area (Å²) < 4.78 is 11.4. The number of benzene rings is 2. The second-order valence-corrected chi connectivity index (χ2v) is 5.19. The molecule has 2 N–H and O–H groups in total. The molecule has 0 bridgehead atoms. The fraction of sp³-hybridized carbons (Fsp3) is 0.188. The molecule has 110 valence electrons. The topological polar surface area (TPSA) is 61.5 Å². The molecule has 2 rings (SSSR count). The standard InChI is InChI=1S/C16H16BrNO3/c1-3-21-14-6-4-5-12(18)15(14)16(19)10-7-8-13(20-2)11(17)9-10/h4-9H,3,18H2,1-2H3. The number of carbonyl (C=O) groups is 1. The molecule has 4 nitrogen and oxygen atoms in total. The molecule has 0 aliphatic heterocycles. The summed E-state index contributed by atoms with van der Waals surface area (Å²) in [7, 11) is 1.57. The van der Waals surface area contributed by atoms with E-state index in [1.165, 1.54) is 0 Å². The lowest BCUT2D eigenvalue weighted by Crippen LogP contribution is -2.09. The van der Waals surface area contributed by atoms with Crippen LogP contribution in [0.5, 0.6) is 11.5 Å². The van der Waals surface area contributed by atoms with Gasteiger partial charge in [0.05, 0.1) is 23.8 Å². The van der Waals surface area contributed by atoms with Crippen LogP contribution in [0.4, 0.5) is 5.69 Å². The zero-order chi connectivity index (χ0) is 15.4. The maximum atomic E-state index is 12.7. The molecular weight excluding hydrogens is 334 g/mol. The van der Waals surface area contributed by atoms with Gasteiger partial charge in [-0.15, -0.1) is 0 Å². The van der Waals surface area contributed by atoms with Gasteiger partial charge in [-0.05, 0) is 53.2 Å². The molecule has 21 heavy (non-hydrogen) atoms. The van der Waals surface area contributed by atoms with Gasteiger partial charge >= 0.3 is 0 Å². The normalized spacial score (nSPS) is 10.2. The van der Waals surface area contributed by atoms with Crippen LogP contribution in [0.15, 0.2) is 40.9 Å². The molecule has 0 radical (unpaired) electrons. The van der Waals surface area contributed by atoms with Crippen LogP contribution in [0.1, 0.15) is 22.8 Å². The lowest BCUT2D eigenvalue weighted by atomic mass is 10.0. The Kier molecular flexibility index (Phi) is 4.85. The zero-order valence-corrected chi connectivity index (χ0v) is 13.4. The van der Waals surface area contributed by atoms with E-state index >= 15 is 0 Å². The third-order valence-corrected chi connectivity index (χ3v) is 3.62. The van der Waals surface area contributed by atoms with Gasteiger partial charge in [0.2, 0.25) is 0 Å². The van der Waals surface area contributed by atoms with Gasteiger partial charge in [0.15, 0.2) is 5.78 Å². The number of hydrogen-bond acceptors (Lipinski definition) is 4. The summed E-state index contributed by atoms with van der Waals surface area (Å²) in [5, 5.41) is 0. The monoisotopic (exact) mass is 349 g/mol. The minimum atomic E-state index is -0.181. The van der Waals surface area contributed by atoms with Gasteiger partial charge in [-0.25, -0.2) is 0 Å². The van der Waals surface area contributed by atoms with E-state index in [-0.39, 0.29) is 5.78 Å². The molecule has 0 unspecified atom stereocenters. The second kappa shape index (κ2) is 6.63. The van der Waals surface area contributed by atoms with E-state index in [0.29, 0.717) is 39.4 Å². The molecule has 0 spiro atoms. The molecule has 2 aromatic carbocycles. The summed E-state index contributed by atoms with van der Waals surface area (Å²) in [4.78, 5) is 12.7. The van der Waals surface area contributed by atoms with Crippen molar-refractivity contribution >= 4 is 27.4 Å². The van der Waals surface area contributed by atoms with Crippen molar-refractivity contribution < 1.29 is 14.3 Å². The Morgan fingerprint density at radius 3 is 2.62 bits per heavy atom. The number of ether oxygens (including phenoxy) is 2. The third-order valence-electron chi connectivity index (χ3n) is 3.00. The molecule has 2 aromatic rings. The van der Waals surface area contributed by atoms with Gasteiger partial charge in [-0.3, -0.25) is 4.79 Å². The minimum absolute atomic E-state index is 0.181. The summed E-state index contributed by atoms with van der Waals surface area (Å²) in [5.41, 5.74) is 7.25. The number of nitrogen functional groups attached to an aromatic ring is 1. The van der Waals surface area contributed by atoms with Crippen molar-refractivity contribution in [3.8, 4) is 11.5 Å². The molecule has 0 saturated heterocycles. The molecule has 0 fully saturated rings. The molecule has 0 heterocycles. The summed E-state index contributed by atoms with van der Waals surface area (Å²) in [6.45, 7) is 2.33. The Hall–Kier alpha value is -2.01. The lowest BCUT2D eigenvalue weighted by molar-refractivity contribution is 0.103. The maximum absolute atomic E-state index is 12.7. The second-order valence-electron chi connectivity index (χ2n) is 4.33. The number of halogens is 1. The quantitative estimate of drug-likeness (QED) is 0.660. The van der Waals surface area contributed by atoms with Crippen molar-refractivity contribution in [2.24, 2.45) is 0 Å². The van der Waals surface area contributed by atoms with E-state index in [9.17, 15) is 4.79 Å². The van der Waals surface area contributed by atoms with Crippen molar-refractivity contribution in [1.82, 2.24) is 0 Å². The van der Waals surface area contributed by atoms with Crippen LogP contribution in [0.25, 0.3) is 0 Å². The number of carbonyl (C=O) groups excluding carboxylic acids is 1. The van der Waals surface area contributed by atoms with Gasteiger partial charge in [0.25, 0.3) is 0 Å². The average Bonchev–Trinajstić information content (AvgIpc) is 2.47. The highest BCUT2D eigenvalue weighted by Gasteiger charge is 2.18. The molecule has 0 saturated carbocycles. The summed E-state index contributed by atoms with van der Waals surface area (Å²) in [5.74, 6) is 0.979. The van der Waals surface area contributed by atoms with Crippen LogP contribution in [0, 0.1) is 0 Å². The van der Waals surface area contributed by atoms with Gasteiger partial charge in [0.1, 0.15) is 11.5 Å². The van der Waals surface area contributed by atoms with Crippen molar-refractivity contribution in [1.29, 1.82) is 0 Å². The predicted octanol–water partition coefficient (Wildman–Crippen LogP) is 3.67. The Morgan fingerprint density at radius 1 is 1.24 bits per heavy atom. The van der Waals surface area contributed by atoms with Gasteiger partial charge in [0, 0.05) is 11.3 Å². The van der Waals surface area contributed by atoms with Crippen molar-refractivity contribution in [3.63, 3.8) is 0 Å². The minimum Gasteiger partial charge on any atom is -0.496 e. The van der Waals surface area contributed by atoms with E-state index in [1.54, 1.807) is 43.5 Å². The average molecular weight is 350 g/mol. The van der Waals surface area contributed by atoms with Crippen LogP contribution in [0.2, 0.25) is 0 Å². The maximum Gasteiger partial charge on any atom is 0.198 e. The molecule has 0 aromatic heterocycles. The molecule has 0 amide bonds. The van der Waals surface area contributed by atoms with Crippen LogP contribution in [-0.2, 0) is 0 Å². The van der Waals surface area contributed by atoms with Crippen LogP contribution < -0.4 is 15.2 Å². The van der Waals surface area contributed by atoms with Gasteiger partial charge < -0.3 is 15.2 Å². The van der Waals surface area contributed by atoms with Crippen LogP contribution in [0.3, 0.4) is 0 Å². The van der Waals surface area contributed by atoms with Crippen molar-refractivity contribution in [3.05, 3.63) is 52.0 Å². The number of nitrogens with two attached hydrogens (primary N) is 1. The molecule has 0 atom stereocenters. The third kappa shape index (κ3) is 3.19. The first-order chi connectivity index (χ1) is 10.1. The highest BCUT2D eigenvalue weighted by Crippen LogP contribution is 2.30. The molecule has 0 aliphatic carbocycles. The number of ketones is 1. The zero-order valence-electron chi connectivity index (χ0n) is 11.9. The van der Waals surface area contributed by atoms with E-state index in [2.05, 4.69) is 15.9 Å². The number of methoxy groups -OCH3 is 1. The van der Waals surface area contributed by atoms with Gasteiger partial charge in [-0.2, -0.15) is 0 Å². The van der Waals surface area contributed by atoms with E-state index in [0.717, 1.165) is 0 Å². The van der Waals surface area contributed by atoms with E-state index in [1.807, 2.05) is 6.92 Å². The predicted molar refractivity (Wildman–Crippen MR) is 86.1 cm³/mol. The lowest BCUT2D eigenvalue weighted by Gasteiger charge is -2.12. The van der Waals surface area contributed by atoms with Crippen molar-refractivity contribution in [2.45, 2.75) is 6.92 Å². The first-order valence-corrected chi connectivity index (χ1v) is 7.27. The summed E-state index contributed by atoms with van der Waals surface area (Å²) >= 11 is 3.38. The van der Waals surface area contributed by atoms with Crippen LogP contribution >= 0.6 is 15.9 Å². The first-order valence-electron chi connectivity index (χ1n) is 6.48. The Balaban J connectivity index is 2.47. The highest BCUT2D eigenvalue weighted by molar-refractivity contribution is 9.10. The fourth-order valence-corrected chi connectivity index (χ4v) is 2.56. The first kappa shape index (κ1) is 15.4. The number of rotatable bonds is 5. The smallest absolute Gasteiger partial charge is 0.198 e. The van der Waals surface area contributed by atoms with E-state index < -0.39 is 0 Å². The SMILES string of the molecule is CCOc1cccc(N)c1C(=O)c1ccc(OC)c(Br)c1. The molecule has 0 aliphatic rings. The Labute approximate surface area is 132 Å². The summed E-state index contributed by atoms with van der Waals surface area (Å²) in [6, 6.07) is 10.3. The van der Waals surface area contributed by atoms with Gasteiger partial charge in [-0.1, -0.05) is 6.07 Å². The van der Waals surface area contributed by atoms with E-state index in [4.69, 9.17) is 15.2 Å². The summed E-state index contributed by atoms with van der Waals surface area (Å²) in [6.07, 6.45) is 0. The largest absolute Gasteiger partial charge is 0.496 e. The molecular formula is C16H16BrNO3. The number of hydrogen-bond donors (Lipinski definition) is 1. The number of anilines is 1. The highest BCUT2D eigenvalue weighted by atomic mass is 79.9. The fourth-order valence-electron chi connectivity index (χ4n) is 2.02. The Bertz CT molecular complexity index is 671. The van der Waals surface area contributed by atoms with Crippen molar-refractivity contribution in [2.75, 3.05) is 19.5 Å². The molecule has 5 heteroatoms.